The van der Waals surface area contributed by atoms with E-state index in [4.69, 9.17) is 28.4 Å². The van der Waals surface area contributed by atoms with Crippen LogP contribution >= 0.6 is 0 Å². The Morgan fingerprint density at radius 2 is 0.963 bits per heavy atom. The molecule has 6 nitrogen and oxygen atoms in total. The van der Waals surface area contributed by atoms with Crippen molar-refractivity contribution in [3.8, 4) is 0 Å². The second kappa shape index (κ2) is 15.7. The van der Waals surface area contributed by atoms with Crippen LogP contribution in [-0.2, 0) is 28.4 Å². The summed E-state index contributed by atoms with van der Waals surface area (Å²) in [5.41, 5.74) is 0. The molecular formula is C21H44O6. The lowest BCUT2D eigenvalue weighted by Crippen LogP contribution is -2.52. The first-order valence-electron chi connectivity index (χ1n) is 10.3. The van der Waals surface area contributed by atoms with Crippen molar-refractivity contribution < 1.29 is 28.4 Å². The molecule has 0 aliphatic heterocycles. The molecule has 27 heavy (non-hydrogen) atoms. The molecule has 0 heterocycles. The molecule has 0 saturated carbocycles. The van der Waals surface area contributed by atoms with E-state index in [1.54, 1.807) is 21.3 Å². The monoisotopic (exact) mass is 392 g/mol. The van der Waals surface area contributed by atoms with Gasteiger partial charge in [-0.25, -0.2) is 0 Å². The van der Waals surface area contributed by atoms with Gasteiger partial charge in [-0.05, 0) is 40.0 Å². The van der Waals surface area contributed by atoms with E-state index in [1.807, 2.05) is 0 Å². The average molecular weight is 393 g/mol. The Balaban J connectivity index is 5.35. The van der Waals surface area contributed by atoms with E-state index in [2.05, 4.69) is 41.5 Å². The van der Waals surface area contributed by atoms with E-state index in [-0.39, 0.29) is 42.7 Å². The largest absolute Gasteiger partial charge is 0.376 e. The Morgan fingerprint density at radius 3 is 1.30 bits per heavy atom. The smallest absolute Gasteiger partial charge is 0.115 e. The van der Waals surface area contributed by atoms with Gasteiger partial charge in [-0.15, -0.1) is 0 Å². The van der Waals surface area contributed by atoms with Gasteiger partial charge in [0, 0.05) is 21.3 Å². The minimum atomic E-state index is -0.335. The molecule has 164 valence electrons. The van der Waals surface area contributed by atoms with Crippen LogP contribution < -0.4 is 0 Å². The van der Waals surface area contributed by atoms with E-state index in [0.29, 0.717) is 13.2 Å². The van der Waals surface area contributed by atoms with Gasteiger partial charge in [-0.3, -0.25) is 0 Å². The summed E-state index contributed by atoms with van der Waals surface area (Å²) in [7, 11) is 5.03. The lowest BCUT2D eigenvalue weighted by atomic mass is 10.0. The van der Waals surface area contributed by atoms with Crippen molar-refractivity contribution in [2.24, 2.45) is 0 Å². The first-order valence-corrected chi connectivity index (χ1v) is 10.3. The minimum Gasteiger partial charge on any atom is -0.376 e. The summed E-state index contributed by atoms with van der Waals surface area (Å²) in [5, 5.41) is 0. The number of hydrogen-bond acceptors (Lipinski definition) is 6. The predicted octanol–water partition coefficient (Wildman–Crippen LogP) is 3.85. The molecule has 3 unspecified atom stereocenters. The highest BCUT2D eigenvalue weighted by atomic mass is 16.6. The molecule has 7 atom stereocenters. The highest BCUT2D eigenvalue weighted by Crippen LogP contribution is 2.21. The summed E-state index contributed by atoms with van der Waals surface area (Å²) in [6, 6.07) is 0. The van der Waals surface area contributed by atoms with Crippen LogP contribution in [0.2, 0.25) is 0 Å². The number of hydrogen-bond donors (Lipinski definition) is 0. The van der Waals surface area contributed by atoms with Gasteiger partial charge >= 0.3 is 0 Å². The topological polar surface area (TPSA) is 55.4 Å². The Morgan fingerprint density at radius 1 is 0.556 bits per heavy atom. The Bertz CT molecular complexity index is 341. The van der Waals surface area contributed by atoms with Crippen molar-refractivity contribution in [3.05, 3.63) is 0 Å². The van der Waals surface area contributed by atoms with Gasteiger partial charge in [-0.2, -0.15) is 0 Å². The fraction of sp³-hybridized carbons (Fsp3) is 1.00. The van der Waals surface area contributed by atoms with Gasteiger partial charge in [0.25, 0.3) is 0 Å². The molecule has 0 amide bonds. The zero-order valence-corrected chi connectivity index (χ0v) is 19.0. The van der Waals surface area contributed by atoms with Crippen LogP contribution in [0.3, 0.4) is 0 Å². The molecule has 0 fully saturated rings. The third-order valence-electron chi connectivity index (χ3n) is 5.14. The predicted molar refractivity (Wildman–Crippen MR) is 108 cm³/mol. The summed E-state index contributed by atoms with van der Waals surface area (Å²) in [5.74, 6) is 0. The van der Waals surface area contributed by atoms with Gasteiger partial charge in [-0.1, -0.05) is 20.8 Å². The third-order valence-corrected chi connectivity index (χ3v) is 5.14. The maximum atomic E-state index is 6.32. The van der Waals surface area contributed by atoms with Gasteiger partial charge < -0.3 is 28.4 Å². The molecule has 0 bridgehead atoms. The van der Waals surface area contributed by atoms with E-state index in [0.717, 1.165) is 19.3 Å². The second-order valence-corrected chi connectivity index (χ2v) is 7.17. The van der Waals surface area contributed by atoms with Crippen LogP contribution in [0.25, 0.3) is 0 Å². The second-order valence-electron chi connectivity index (χ2n) is 7.17. The Kier molecular flexibility index (Phi) is 15.5. The van der Waals surface area contributed by atoms with Gasteiger partial charge in [0.15, 0.2) is 0 Å². The first-order chi connectivity index (χ1) is 12.9. The zero-order valence-electron chi connectivity index (χ0n) is 19.0. The van der Waals surface area contributed by atoms with Crippen LogP contribution in [0.5, 0.6) is 0 Å². The molecule has 0 spiro atoms. The first kappa shape index (κ1) is 26.8. The SMILES string of the molecule is CCC(C)OC[C@H](OC)[C@@H](OC(C)CC)[C@H](OC)[C@@H](COC(C)CC)OC. The third kappa shape index (κ3) is 10.2. The molecule has 0 saturated heterocycles. The molecule has 0 rings (SSSR count). The quantitative estimate of drug-likeness (QED) is 0.375. The van der Waals surface area contributed by atoms with Crippen LogP contribution in [0.1, 0.15) is 60.8 Å². The van der Waals surface area contributed by atoms with E-state index in [9.17, 15) is 0 Å². The van der Waals surface area contributed by atoms with Crippen molar-refractivity contribution in [2.45, 2.75) is 104 Å². The molecule has 0 aromatic rings. The van der Waals surface area contributed by atoms with Crippen molar-refractivity contribution in [2.75, 3.05) is 34.5 Å². The Hall–Kier alpha value is -0.240. The number of ether oxygens (including phenoxy) is 6. The standard InChI is InChI=1S/C21H44O6/c1-10-15(4)25-13-18(22-7)20(24-9)21(27-17(6)12-3)19(23-8)14-26-16(5)11-2/h15-21H,10-14H2,1-9H3/t15?,16?,17?,18-,19+,20-,21-/m1/s1. The number of methoxy groups -OCH3 is 3. The number of rotatable bonds is 17. The van der Waals surface area contributed by atoms with Crippen LogP contribution in [-0.4, -0.2) is 77.3 Å². The van der Waals surface area contributed by atoms with Gasteiger partial charge in [0.05, 0.1) is 31.5 Å². The van der Waals surface area contributed by atoms with Crippen LogP contribution in [0.4, 0.5) is 0 Å². The lowest BCUT2D eigenvalue weighted by Gasteiger charge is -2.37. The molecule has 0 radical (unpaired) electrons. The zero-order chi connectivity index (χ0) is 20.8. The Labute approximate surface area is 167 Å². The van der Waals surface area contributed by atoms with Crippen LogP contribution in [0, 0.1) is 0 Å². The van der Waals surface area contributed by atoms with E-state index < -0.39 is 0 Å². The molecular weight excluding hydrogens is 348 g/mol. The molecule has 0 N–H and O–H groups in total. The fourth-order valence-electron chi connectivity index (χ4n) is 2.59. The summed E-state index contributed by atoms with van der Waals surface area (Å²) >= 11 is 0. The molecule has 0 aromatic heterocycles. The summed E-state index contributed by atoms with van der Waals surface area (Å²) in [6.45, 7) is 13.3. The molecule has 0 aliphatic carbocycles. The maximum absolute atomic E-state index is 6.32. The van der Waals surface area contributed by atoms with Crippen molar-refractivity contribution in [1.29, 1.82) is 0 Å². The fourth-order valence-corrected chi connectivity index (χ4v) is 2.59. The summed E-state index contributed by atoms with van der Waals surface area (Å²) in [4.78, 5) is 0. The molecule has 0 aromatic carbocycles. The molecule has 6 heteroatoms. The van der Waals surface area contributed by atoms with Gasteiger partial charge in [0.1, 0.15) is 24.4 Å². The lowest BCUT2D eigenvalue weighted by molar-refractivity contribution is -0.196. The highest BCUT2D eigenvalue weighted by Gasteiger charge is 2.38. The van der Waals surface area contributed by atoms with E-state index in [1.165, 1.54) is 0 Å². The van der Waals surface area contributed by atoms with E-state index >= 15 is 0 Å². The average Bonchev–Trinajstić information content (AvgIpc) is 2.69. The van der Waals surface area contributed by atoms with Crippen molar-refractivity contribution >= 4 is 0 Å². The minimum absolute atomic E-state index is 0.0712. The highest BCUT2D eigenvalue weighted by molar-refractivity contribution is 4.86. The van der Waals surface area contributed by atoms with Crippen molar-refractivity contribution in [1.82, 2.24) is 0 Å². The normalized spacial score (nSPS) is 19.9. The van der Waals surface area contributed by atoms with Gasteiger partial charge in [0.2, 0.25) is 0 Å². The summed E-state index contributed by atoms with van der Waals surface area (Å²) < 4.78 is 35.4. The maximum Gasteiger partial charge on any atom is 0.115 e. The summed E-state index contributed by atoms with van der Waals surface area (Å²) in [6.07, 6.45) is 2.01. The van der Waals surface area contributed by atoms with Crippen molar-refractivity contribution in [3.63, 3.8) is 0 Å². The van der Waals surface area contributed by atoms with Crippen LogP contribution in [0.15, 0.2) is 0 Å². The molecule has 0 aliphatic rings.